The number of hydrogen-bond donors (Lipinski definition) is 1. The Balaban J connectivity index is 1.76. The second-order valence-corrected chi connectivity index (χ2v) is 7.41. The molecule has 1 aromatic heterocycles. The molecule has 3 aliphatic rings. The fourth-order valence-corrected chi connectivity index (χ4v) is 4.87. The topological polar surface area (TPSA) is 42.0 Å². The highest BCUT2D eigenvalue weighted by atomic mass is 16.1. The first-order valence-corrected chi connectivity index (χ1v) is 9.39. The number of allylic oxidation sites excluding steroid dienone is 4. The van der Waals surface area contributed by atoms with E-state index in [-0.39, 0.29) is 5.92 Å². The second-order valence-electron chi connectivity index (χ2n) is 7.41. The standard InChI is InChI=1S/C22H22N2O/c25-19-10-4-9-17-22(19)20(14-6-2-1-3-7-14)21-15-8-5-13-23-16(15)11-12-18(21)24-17/h1-2,5,8,11-14,20,24H,3-4,6-7,9-10H2/t14-,20-/m0/s1. The van der Waals surface area contributed by atoms with E-state index >= 15 is 0 Å². The van der Waals surface area contributed by atoms with Gasteiger partial charge in [0.05, 0.1) is 5.52 Å². The first-order valence-electron chi connectivity index (χ1n) is 9.39. The van der Waals surface area contributed by atoms with Gasteiger partial charge >= 0.3 is 0 Å². The molecule has 0 bridgehead atoms. The quantitative estimate of drug-likeness (QED) is 0.739. The third kappa shape index (κ3) is 2.33. The van der Waals surface area contributed by atoms with Crippen molar-refractivity contribution in [2.75, 3.05) is 5.32 Å². The number of carbonyl (C=O) groups is 1. The first kappa shape index (κ1) is 14.9. The summed E-state index contributed by atoms with van der Waals surface area (Å²) in [5.74, 6) is 1.06. The fraction of sp³-hybridized carbons (Fsp3) is 0.364. The number of nitrogens with zero attached hydrogens (tertiary/aromatic N) is 1. The molecule has 0 spiro atoms. The van der Waals surface area contributed by atoms with Crippen LogP contribution in [0.25, 0.3) is 10.9 Å². The second kappa shape index (κ2) is 5.83. The zero-order valence-corrected chi connectivity index (χ0v) is 14.3. The van der Waals surface area contributed by atoms with Crippen LogP contribution in [0.5, 0.6) is 0 Å². The molecule has 0 saturated heterocycles. The number of ketones is 1. The lowest BCUT2D eigenvalue weighted by molar-refractivity contribution is -0.116. The van der Waals surface area contributed by atoms with Gasteiger partial charge in [0.25, 0.3) is 0 Å². The van der Waals surface area contributed by atoms with Crippen LogP contribution in [0, 0.1) is 5.92 Å². The number of fused-ring (bicyclic) bond motifs is 3. The highest BCUT2D eigenvalue weighted by molar-refractivity contribution is 6.02. The highest BCUT2D eigenvalue weighted by Crippen LogP contribution is 2.50. The van der Waals surface area contributed by atoms with Crippen LogP contribution in [0.1, 0.15) is 50.0 Å². The summed E-state index contributed by atoms with van der Waals surface area (Å²) in [6.45, 7) is 0. The minimum atomic E-state index is 0.205. The van der Waals surface area contributed by atoms with Crippen LogP contribution in [0.3, 0.4) is 0 Å². The zero-order valence-electron chi connectivity index (χ0n) is 14.3. The predicted molar refractivity (Wildman–Crippen MR) is 100 cm³/mol. The Kier molecular flexibility index (Phi) is 3.47. The minimum Gasteiger partial charge on any atom is -0.358 e. The van der Waals surface area contributed by atoms with Gasteiger partial charge in [0.15, 0.2) is 5.78 Å². The number of pyridine rings is 1. The molecule has 0 radical (unpaired) electrons. The third-order valence-corrected chi connectivity index (χ3v) is 5.97. The van der Waals surface area contributed by atoms with Gasteiger partial charge in [-0.05, 0) is 61.8 Å². The van der Waals surface area contributed by atoms with E-state index in [9.17, 15) is 4.79 Å². The van der Waals surface area contributed by atoms with Crippen LogP contribution in [0.4, 0.5) is 5.69 Å². The smallest absolute Gasteiger partial charge is 0.161 e. The lowest BCUT2D eigenvalue weighted by Crippen LogP contribution is -2.30. The molecule has 126 valence electrons. The largest absolute Gasteiger partial charge is 0.358 e. The number of rotatable bonds is 1. The van der Waals surface area contributed by atoms with E-state index in [1.165, 1.54) is 22.3 Å². The molecular weight excluding hydrogens is 308 g/mol. The van der Waals surface area contributed by atoms with Gasteiger partial charge in [-0.3, -0.25) is 9.78 Å². The van der Waals surface area contributed by atoms with Crippen LogP contribution < -0.4 is 5.32 Å². The van der Waals surface area contributed by atoms with Crippen LogP contribution in [-0.2, 0) is 4.79 Å². The molecule has 3 heteroatoms. The molecule has 1 aliphatic heterocycles. The van der Waals surface area contributed by atoms with Crippen molar-refractivity contribution < 1.29 is 4.79 Å². The fourth-order valence-electron chi connectivity index (χ4n) is 4.87. The van der Waals surface area contributed by atoms with Crippen LogP contribution >= 0.6 is 0 Å². The van der Waals surface area contributed by atoms with E-state index in [1.54, 1.807) is 0 Å². The van der Waals surface area contributed by atoms with Crippen molar-refractivity contribution in [2.24, 2.45) is 5.92 Å². The summed E-state index contributed by atoms with van der Waals surface area (Å²) in [6.07, 6.45) is 12.4. The molecule has 3 nitrogen and oxygen atoms in total. The van der Waals surface area contributed by atoms with E-state index in [4.69, 9.17) is 0 Å². The lowest BCUT2D eigenvalue weighted by atomic mass is 9.69. The predicted octanol–water partition coefficient (Wildman–Crippen LogP) is 5.11. The van der Waals surface area contributed by atoms with Gasteiger partial charge in [0.2, 0.25) is 0 Å². The van der Waals surface area contributed by atoms with E-state index in [0.29, 0.717) is 18.1 Å². The lowest BCUT2D eigenvalue weighted by Gasteiger charge is -2.39. The summed E-state index contributed by atoms with van der Waals surface area (Å²) in [5.41, 5.74) is 5.72. The maximum absolute atomic E-state index is 12.9. The molecule has 2 aliphatic carbocycles. The van der Waals surface area contributed by atoms with Crippen molar-refractivity contribution in [3.63, 3.8) is 0 Å². The molecule has 0 saturated carbocycles. The first-order chi connectivity index (χ1) is 12.3. The van der Waals surface area contributed by atoms with Crippen LogP contribution in [0.15, 0.2) is 53.9 Å². The summed E-state index contributed by atoms with van der Waals surface area (Å²) in [7, 11) is 0. The molecular formula is C22H22N2O. The number of benzene rings is 1. The van der Waals surface area contributed by atoms with E-state index in [0.717, 1.165) is 43.2 Å². The van der Waals surface area contributed by atoms with Gasteiger partial charge in [-0.15, -0.1) is 0 Å². The van der Waals surface area contributed by atoms with Crippen molar-refractivity contribution >= 4 is 22.4 Å². The number of nitrogens with one attached hydrogen (secondary N) is 1. The zero-order chi connectivity index (χ0) is 16.8. The third-order valence-electron chi connectivity index (χ3n) is 5.97. The van der Waals surface area contributed by atoms with Gasteiger partial charge in [-0.1, -0.05) is 18.2 Å². The number of aromatic nitrogens is 1. The molecule has 0 amide bonds. The number of Topliss-reactive ketones (excluding diaryl/α,β-unsaturated/α-hetero) is 1. The normalized spacial score (nSPS) is 25.5. The Morgan fingerprint density at radius 3 is 2.96 bits per heavy atom. The van der Waals surface area contributed by atoms with Gasteiger partial charge in [-0.25, -0.2) is 0 Å². The summed E-state index contributed by atoms with van der Waals surface area (Å²) < 4.78 is 0. The summed E-state index contributed by atoms with van der Waals surface area (Å²) in [4.78, 5) is 17.4. The number of anilines is 1. The molecule has 2 aromatic rings. The Morgan fingerprint density at radius 2 is 2.08 bits per heavy atom. The molecule has 2 heterocycles. The summed E-state index contributed by atoms with van der Waals surface area (Å²) in [5, 5.41) is 4.80. The van der Waals surface area contributed by atoms with Gasteiger partial charge < -0.3 is 5.32 Å². The van der Waals surface area contributed by atoms with Gasteiger partial charge in [0, 0.05) is 40.9 Å². The SMILES string of the molecule is O=C1CCCC2=C1[C@@H]([C@H]1CC=CCC1)c1c(ccc3ncccc13)N2. The average Bonchev–Trinajstić information content (AvgIpc) is 2.67. The molecule has 1 aromatic carbocycles. The highest BCUT2D eigenvalue weighted by Gasteiger charge is 2.39. The minimum absolute atomic E-state index is 0.205. The van der Waals surface area contributed by atoms with Gasteiger partial charge in [-0.2, -0.15) is 0 Å². The number of hydrogen-bond acceptors (Lipinski definition) is 3. The van der Waals surface area contributed by atoms with E-state index < -0.39 is 0 Å². The Bertz CT molecular complexity index is 925. The van der Waals surface area contributed by atoms with E-state index in [2.05, 4.69) is 40.7 Å². The Morgan fingerprint density at radius 1 is 1.12 bits per heavy atom. The molecule has 0 unspecified atom stereocenters. The maximum atomic E-state index is 12.9. The van der Waals surface area contributed by atoms with Crippen molar-refractivity contribution in [2.45, 2.75) is 44.4 Å². The average molecular weight is 330 g/mol. The Hall–Kier alpha value is -2.42. The number of carbonyl (C=O) groups excluding carboxylic acids is 1. The van der Waals surface area contributed by atoms with Gasteiger partial charge in [0.1, 0.15) is 0 Å². The van der Waals surface area contributed by atoms with Crippen LogP contribution in [0.2, 0.25) is 0 Å². The monoisotopic (exact) mass is 330 g/mol. The molecule has 5 rings (SSSR count). The maximum Gasteiger partial charge on any atom is 0.161 e. The molecule has 0 fully saturated rings. The molecule has 2 atom stereocenters. The summed E-state index contributed by atoms with van der Waals surface area (Å²) in [6, 6.07) is 8.41. The van der Waals surface area contributed by atoms with Crippen molar-refractivity contribution in [1.82, 2.24) is 4.98 Å². The molecule has 25 heavy (non-hydrogen) atoms. The van der Waals surface area contributed by atoms with Crippen molar-refractivity contribution in [3.8, 4) is 0 Å². The van der Waals surface area contributed by atoms with Crippen molar-refractivity contribution in [1.29, 1.82) is 0 Å². The van der Waals surface area contributed by atoms with E-state index in [1.807, 2.05) is 12.3 Å². The van der Waals surface area contributed by atoms with Crippen molar-refractivity contribution in [3.05, 3.63) is 59.4 Å². The van der Waals surface area contributed by atoms with Crippen LogP contribution in [-0.4, -0.2) is 10.8 Å². The molecule has 1 N–H and O–H groups in total. The summed E-state index contributed by atoms with van der Waals surface area (Å²) >= 11 is 0. The Labute approximate surface area is 147 Å².